The molecule has 0 saturated carbocycles. The number of nitrogens with two attached hydrogens (primary N) is 1. The number of benzene rings is 1. The number of nitrogen functional groups attached to an aromatic ring is 1. The van der Waals surface area contributed by atoms with Crippen molar-refractivity contribution in [2.24, 2.45) is 0 Å². The van der Waals surface area contributed by atoms with E-state index in [4.69, 9.17) is 5.73 Å². The number of hydrogen-bond donors (Lipinski definition) is 2. The normalized spacial score (nSPS) is 19.1. The van der Waals surface area contributed by atoms with E-state index in [-0.39, 0.29) is 10.6 Å². The Balaban J connectivity index is 2.70. The molecule has 14 heavy (non-hydrogen) atoms. The van der Waals surface area contributed by atoms with Gasteiger partial charge in [0.05, 0.1) is 17.1 Å². The van der Waals surface area contributed by atoms with Gasteiger partial charge >= 0.3 is 0 Å². The highest BCUT2D eigenvalue weighted by atomic mass is 32.2. The molecular weight excluding hydrogens is 200 g/mol. The third-order valence-corrected chi connectivity index (χ3v) is 4.17. The molecule has 1 aliphatic rings. The lowest BCUT2D eigenvalue weighted by Gasteiger charge is -2.08. The summed E-state index contributed by atoms with van der Waals surface area (Å²) in [5.74, 6) is 0.168. The molecule has 0 atom stereocenters. The summed E-state index contributed by atoms with van der Waals surface area (Å²) >= 11 is 0. The molecule has 1 aromatic carbocycles. The molecule has 2 rings (SSSR count). The Kier molecular flexibility index (Phi) is 2.11. The molecule has 0 radical (unpaired) electrons. The van der Waals surface area contributed by atoms with Gasteiger partial charge in [0.25, 0.3) is 0 Å². The van der Waals surface area contributed by atoms with Crippen LogP contribution in [0.25, 0.3) is 0 Å². The zero-order valence-corrected chi connectivity index (χ0v) is 8.47. The number of anilines is 2. The molecule has 0 bridgehead atoms. The van der Waals surface area contributed by atoms with Gasteiger partial charge < -0.3 is 11.1 Å². The molecule has 0 aromatic heterocycles. The summed E-state index contributed by atoms with van der Waals surface area (Å²) in [6, 6.07) is 5.11. The summed E-state index contributed by atoms with van der Waals surface area (Å²) in [6.45, 7) is 0.676. The highest BCUT2D eigenvalue weighted by molar-refractivity contribution is 7.91. The molecule has 1 aromatic rings. The van der Waals surface area contributed by atoms with Gasteiger partial charge in [-0.3, -0.25) is 0 Å². The number of fused-ring (bicyclic) bond motifs is 1. The van der Waals surface area contributed by atoms with Crippen LogP contribution in [0.15, 0.2) is 23.1 Å². The van der Waals surface area contributed by atoms with E-state index in [0.717, 1.165) is 0 Å². The molecule has 1 aliphatic heterocycles. The van der Waals surface area contributed by atoms with Gasteiger partial charge in [-0.15, -0.1) is 0 Å². The summed E-state index contributed by atoms with van der Waals surface area (Å²) < 4.78 is 23.6. The van der Waals surface area contributed by atoms with Crippen LogP contribution in [-0.4, -0.2) is 20.7 Å². The summed E-state index contributed by atoms with van der Waals surface area (Å²) in [6.07, 6.45) is 0.621. The van der Waals surface area contributed by atoms with Crippen molar-refractivity contribution in [2.75, 3.05) is 23.3 Å². The van der Waals surface area contributed by atoms with E-state index in [1.54, 1.807) is 18.2 Å². The van der Waals surface area contributed by atoms with E-state index >= 15 is 0 Å². The van der Waals surface area contributed by atoms with Crippen molar-refractivity contribution >= 4 is 21.2 Å². The van der Waals surface area contributed by atoms with Gasteiger partial charge in [-0.05, 0) is 18.6 Å². The van der Waals surface area contributed by atoms with E-state index in [1.165, 1.54) is 0 Å². The average molecular weight is 212 g/mol. The number of nitrogens with one attached hydrogen (secondary N) is 1. The van der Waals surface area contributed by atoms with Gasteiger partial charge in [-0.1, -0.05) is 6.07 Å². The van der Waals surface area contributed by atoms with Gasteiger partial charge in [0.15, 0.2) is 9.84 Å². The maximum Gasteiger partial charge on any atom is 0.182 e. The summed E-state index contributed by atoms with van der Waals surface area (Å²) in [7, 11) is -3.20. The Bertz CT molecular complexity index is 454. The second-order valence-corrected chi connectivity index (χ2v) is 5.37. The minimum atomic E-state index is -3.20. The minimum absolute atomic E-state index is 0.168. The van der Waals surface area contributed by atoms with Crippen LogP contribution in [0.2, 0.25) is 0 Å². The topological polar surface area (TPSA) is 72.2 Å². The van der Waals surface area contributed by atoms with Crippen molar-refractivity contribution < 1.29 is 8.42 Å². The minimum Gasteiger partial charge on any atom is -0.398 e. The quantitative estimate of drug-likeness (QED) is 0.626. The van der Waals surface area contributed by atoms with Crippen molar-refractivity contribution in [3.05, 3.63) is 18.2 Å². The third-order valence-electron chi connectivity index (χ3n) is 2.26. The van der Waals surface area contributed by atoms with E-state index in [2.05, 4.69) is 5.32 Å². The maximum absolute atomic E-state index is 11.8. The second kappa shape index (κ2) is 3.16. The van der Waals surface area contributed by atoms with E-state index in [1.807, 2.05) is 0 Å². The molecule has 0 spiro atoms. The van der Waals surface area contributed by atoms with Crippen molar-refractivity contribution in [2.45, 2.75) is 11.3 Å². The Labute approximate surface area is 83.0 Å². The first-order valence-electron chi connectivity index (χ1n) is 4.46. The Hall–Kier alpha value is -1.23. The molecular formula is C9H12N2O2S. The van der Waals surface area contributed by atoms with Gasteiger partial charge in [-0.2, -0.15) is 0 Å². The standard InChI is InChI=1S/C9H12N2O2S/c10-7-3-1-4-8-9(7)14(12,13)6-2-5-11-8/h1,3-4,11H,2,5-6,10H2. The van der Waals surface area contributed by atoms with E-state index < -0.39 is 9.84 Å². The largest absolute Gasteiger partial charge is 0.398 e. The number of rotatable bonds is 0. The van der Waals surface area contributed by atoms with Crippen molar-refractivity contribution in [1.29, 1.82) is 0 Å². The first kappa shape index (κ1) is 9.33. The first-order chi connectivity index (χ1) is 6.61. The molecule has 4 nitrogen and oxygen atoms in total. The van der Waals surface area contributed by atoms with Crippen LogP contribution < -0.4 is 11.1 Å². The number of sulfone groups is 1. The Morgan fingerprint density at radius 3 is 2.93 bits per heavy atom. The summed E-state index contributed by atoms with van der Waals surface area (Å²) in [5, 5.41) is 3.06. The predicted molar refractivity (Wildman–Crippen MR) is 56.0 cm³/mol. The van der Waals surface area contributed by atoms with Gasteiger partial charge in [0.1, 0.15) is 4.90 Å². The SMILES string of the molecule is Nc1cccc2c1S(=O)(=O)CCCN2. The third kappa shape index (κ3) is 1.43. The zero-order chi connectivity index (χ0) is 10.2. The van der Waals surface area contributed by atoms with E-state index in [0.29, 0.717) is 24.3 Å². The molecule has 0 unspecified atom stereocenters. The van der Waals surface area contributed by atoms with Crippen LogP contribution in [0.4, 0.5) is 11.4 Å². The predicted octanol–water partition coefficient (Wildman–Crippen LogP) is 0.858. The second-order valence-electron chi connectivity index (χ2n) is 3.32. The fourth-order valence-electron chi connectivity index (χ4n) is 1.63. The average Bonchev–Trinajstić information content (AvgIpc) is 2.25. The van der Waals surface area contributed by atoms with Crippen molar-refractivity contribution in [1.82, 2.24) is 0 Å². The van der Waals surface area contributed by atoms with Gasteiger partial charge in [-0.25, -0.2) is 8.42 Å². The summed E-state index contributed by atoms with van der Waals surface area (Å²) in [5.41, 5.74) is 6.63. The molecule has 0 amide bonds. The first-order valence-corrected chi connectivity index (χ1v) is 6.11. The van der Waals surface area contributed by atoms with Crippen LogP contribution in [0.3, 0.4) is 0 Å². The zero-order valence-electron chi connectivity index (χ0n) is 7.66. The highest BCUT2D eigenvalue weighted by Crippen LogP contribution is 2.30. The smallest absolute Gasteiger partial charge is 0.182 e. The lowest BCUT2D eigenvalue weighted by Crippen LogP contribution is -2.08. The van der Waals surface area contributed by atoms with Crippen LogP contribution in [-0.2, 0) is 9.84 Å². The highest BCUT2D eigenvalue weighted by Gasteiger charge is 2.23. The fraction of sp³-hybridized carbons (Fsp3) is 0.333. The molecule has 1 heterocycles. The molecule has 5 heteroatoms. The lowest BCUT2D eigenvalue weighted by molar-refractivity contribution is 0.596. The van der Waals surface area contributed by atoms with Crippen LogP contribution >= 0.6 is 0 Å². The lowest BCUT2D eigenvalue weighted by atomic mass is 10.3. The van der Waals surface area contributed by atoms with Gasteiger partial charge in [0.2, 0.25) is 0 Å². The molecule has 0 aliphatic carbocycles. The van der Waals surface area contributed by atoms with Crippen LogP contribution in [0, 0.1) is 0 Å². The fourth-order valence-corrected chi connectivity index (χ4v) is 3.26. The van der Waals surface area contributed by atoms with Gasteiger partial charge in [0, 0.05) is 6.54 Å². The van der Waals surface area contributed by atoms with Crippen LogP contribution in [0.5, 0.6) is 0 Å². The number of hydrogen-bond acceptors (Lipinski definition) is 4. The van der Waals surface area contributed by atoms with Crippen molar-refractivity contribution in [3.63, 3.8) is 0 Å². The Morgan fingerprint density at radius 2 is 2.14 bits per heavy atom. The summed E-state index contributed by atoms with van der Waals surface area (Å²) in [4.78, 5) is 0.262. The molecule has 3 N–H and O–H groups in total. The molecule has 76 valence electrons. The molecule has 0 fully saturated rings. The van der Waals surface area contributed by atoms with Crippen molar-refractivity contribution in [3.8, 4) is 0 Å². The Morgan fingerprint density at radius 1 is 1.36 bits per heavy atom. The van der Waals surface area contributed by atoms with E-state index in [9.17, 15) is 8.42 Å². The monoisotopic (exact) mass is 212 g/mol. The molecule has 0 saturated heterocycles. The van der Waals surface area contributed by atoms with Crippen LogP contribution in [0.1, 0.15) is 6.42 Å². The maximum atomic E-state index is 11.8.